The Kier molecular flexibility index (Phi) is 3.43. The van der Waals surface area contributed by atoms with Gasteiger partial charge in [-0.05, 0) is 37.0 Å². The van der Waals surface area contributed by atoms with Crippen LogP contribution in [0.4, 0.5) is 0 Å². The molecule has 7 atom stereocenters. The maximum absolute atomic E-state index is 12.4. The Morgan fingerprint density at radius 2 is 1.91 bits per heavy atom. The molecule has 0 radical (unpaired) electrons. The molecule has 0 spiro atoms. The molecule has 2 aliphatic carbocycles. The van der Waals surface area contributed by atoms with Crippen LogP contribution >= 0.6 is 0 Å². The van der Waals surface area contributed by atoms with E-state index in [-0.39, 0.29) is 17.3 Å². The molecule has 3 N–H and O–H groups in total. The summed E-state index contributed by atoms with van der Waals surface area (Å²) in [4.78, 5) is 12.4. The van der Waals surface area contributed by atoms with E-state index in [1.807, 2.05) is 6.92 Å². The summed E-state index contributed by atoms with van der Waals surface area (Å²) >= 11 is 0. The topological polar surface area (TPSA) is 96.2 Å². The minimum absolute atomic E-state index is 0.00340. The highest BCUT2D eigenvalue weighted by Gasteiger charge is 2.75. The summed E-state index contributed by atoms with van der Waals surface area (Å²) in [5, 5.41) is 31.2. The number of carbonyl (C=O) groups is 1. The lowest BCUT2D eigenvalue weighted by molar-refractivity contribution is -0.238. The number of ether oxygens (including phenoxy) is 2. The number of hydrogen-bond donors (Lipinski definition) is 3. The van der Waals surface area contributed by atoms with E-state index in [0.29, 0.717) is 0 Å². The first-order valence-electron chi connectivity index (χ1n) is 7.87. The minimum atomic E-state index is -1.51. The van der Waals surface area contributed by atoms with Crippen LogP contribution in [-0.4, -0.2) is 53.0 Å². The van der Waals surface area contributed by atoms with Crippen LogP contribution in [0.2, 0.25) is 0 Å². The zero-order valence-electron chi connectivity index (χ0n) is 13.6. The fourth-order valence-electron chi connectivity index (χ4n) is 5.49. The highest BCUT2D eigenvalue weighted by Crippen LogP contribution is 2.64. The third kappa shape index (κ3) is 1.72. The van der Waals surface area contributed by atoms with Gasteiger partial charge in [0.1, 0.15) is 5.41 Å². The fraction of sp³-hybridized carbons (Fsp3) is 0.938. The minimum Gasteiger partial charge on any atom is -0.435 e. The van der Waals surface area contributed by atoms with Crippen LogP contribution in [0.3, 0.4) is 0 Å². The maximum atomic E-state index is 12.4. The molecule has 0 bridgehead atoms. The van der Waals surface area contributed by atoms with Gasteiger partial charge in [-0.3, -0.25) is 4.79 Å². The summed E-state index contributed by atoms with van der Waals surface area (Å²) in [6, 6.07) is 0. The number of methoxy groups -OCH3 is 1. The molecule has 3 rings (SSSR count). The second kappa shape index (κ2) is 4.66. The van der Waals surface area contributed by atoms with Crippen molar-refractivity contribution in [1.29, 1.82) is 0 Å². The molecule has 1 saturated heterocycles. The second-order valence-corrected chi connectivity index (χ2v) is 8.15. The molecule has 3 fully saturated rings. The predicted octanol–water partition coefficient (Wildman–Crippen LogP) is 0.288. The summed E-state index contributed by atoms with van der Waals surface area (Å²) in [5.74, 6) is -1.68. The molecule has 0 unspecified atom stereocenters. The lowest BCUT2D eigenvalue weighted by Gasteiger charge is -2.54. The molecule has 0 aromatic heterocycles. The normalized spacial score (nSPS) is 53.0. The lowest BCUT2D eigenvalue weighted by Crippen LogP contribution is -2.67. The van der Waals surface area contributed by atoms with Crippen molar-refractivity contribution < 1.29 is 29.6 Å². The van der Waals surface area contributed by atoms with E-state index in [4.69, 9.17) is 9.47 Å². The van der Waals surface area contributed by atoms with E-state index >= 15 is 0 Å². The molecule has 0 amide bonds. The Balaban J connectivity index is 2.16. The van der Waals surface area contributed by atoms with Crippen molar-refractivity contribution in [2.75, 3.05) is 13.7 Å². The summed E-state index contributed by atoms with van der Waals surface area (Å²) in [6.07, 6.45) is -0.834. The number of hydrogen-bond acceptors (Lipinski definition) is 6. The van der Waals surface area contributed by atoms with E-state index in [1.165, 1.54) is 0 Å². The molecule has 6 nitrogen and oxygen atoms in total. The van der Waals surface area contributed by atoms with Gasteiger partial charge in [0.25, 0.3) is 0 Å². The van der Waals surface area contributed by atoms with Crippen molar-refractivity contribution in [2.24, 2.45) is 28.6 Å². The van der Waals surface area contributed by atoms with E-state index in [2.05, 4.69) is 13.8 Å². The summed E-state index contributed by atoms with van der Waals surface area (Å²) in [7, 11) is 1.55. The van der Waals surface area contributed by atoms with Crippen molar-refractivity contribution in [3.8, 4) is 0 Å². The van der Waals surface area contributed by atoms with Crippen LogP contribution in [0.1, 0.15) is 33.6 Å². The number of esters is 1. The standard InChI is InChI=1S/C16H26O6/c1-14(2)5-8-9(6-14)15(3,21-4)10-12(19)22-13(20)16(10,7-17)11(8)18/h8-12,17-19H,5-7H2,1-4H3/t8-,9+,10-,11+,12-,15-,16-/m1/s1. The van der Waals surface area contributed by atoms with Gasteiger partial charge < -0.3 is 24.8 Å². The average Bonchev–Trinajstić information content (AvgIpc) is 2.91. The first-order chi connectivity index (χ1) is 10.1. The van der Waals surface area contributed by atoms with Gasteiger partial charge in [0, 0.05) is 7.11 Å². The molecule has 6 heteroatoms. The largest absolute Gasteiger partial charge is 0.435 e. The van der Waals surface area contributed by atoms with Gasteiger partial charge in [0.2, 0.25) is 6.29 Å². The molecular formula is C16H26O6. The molecular weight excluding hydrogens is 288 g/mol. The van der Waals surface area contributed by atoms with Gasteiger partial charge >= 0.3 is 5.97 Å². The monoisotopic (exact) mass is 314 g/mol. The second-order valence-electron chi connectivity index (χ2n) is 8.15. The average molecular weight is 314 g/mol. The molecule has 0 aromatic rings. The Hall–Kier alpha value is -0.690. The quantitative estimate of drug-likeness (QED) is 0.634. The highest BCUT2D eigenvalue weighted by molar-refractivity contribution is 5.81. The Morgan fingerprint density at radius 1 is 1.27 bits per heavy atom. The summed E-state index contributed by atoms with van der Waals surface area (Å²) in [6.45, 7) is 5.56. The number of aliphatic hydroxyl groups excluding tert-OH is 3. The van der Waals surface area contributed by atoms with Gasteiger partial charge in [-0.1, -0.05) is 13.8 Å². The zero-order valence-corrected chi connectivity index (χ0v) is 13.6. The van der Waals surface area contributed by atoms with Crippen LogP contribution in [0.15, 0.2) is 0 Å². The molecule has 22 heavy (non-hydrogen) atoms. The van der Waals surface area contributed by atoms with Crippen molar-refractivity contribution in [2.45, 2.75) is 51.6 Å². The number of cyclic esters (lactones) is 1. The molecule has 1 heterocycles. The van der Waals surface area contributed by atoms with Gasteiger partial charge in [0.15, 0.2) is 0 Å². The SMILES string of the molecule is CO[C@@]1(C)[C@H]2[C@H](O)OC(=O)[C@@]2(CO)[C@@H](O)[C@@H]2CC(C)(C)C[C@@H]21. The van der Waals surface area contributed by atoms with Crippen molar-refractivity contribution in [3.63, 3.8) is 0 Å². The molecule has 126 valence electrons. The van der Waals surface area contributed by atoms with Gasteiger partial charge in [-0.15, -0.1) is 0 Å². The molecule has 3 aliphatic rings. The van der Waals surface area contributed by atoms with E-state index in [9.17, 15) is 20.1 Å². The highest BCUT2D eigenvalue weighted by atomic mass is 16.6. The molecule has 0 aromatic carbocycles. The van der Waals surface area contributed by atoms with Crippen LogP contribution in [0.25, 0.3) is 0 Å². The number of rotatable bonds is 2. The maximum Gasteiger partial charge on any atom is 0.320 e. The molecule has 1 aliphatic heterocycles. The zero-order chi connectivity index (χ0) is 16.5. The third-order valence-corrected chi connectivity index (χ3v) is 6.51. The van der Waals surface area contributed by atoms with Crippen LogP contribution in [0, 0.1) is 28.6 Å². The number of carbonyl (C=O) groups excluding carboxylic acids is 1. The fourth-order valence-corrected chi connectivity index (χ4v) is 5.49. The van der Waals surface area contributed by atoms with Gasteiger partial charge in [-0.25, -0.2) is 0 Å². The summed E-state index contributed by atoms with van der Waals surface area (Å²) in [5.41, 5.74) is -2.34. The van der Waals surface area contributed by atoms with Gasteiger partial charge in [-0.2, -0.15) is 0 Å². The van der Waals surface area contributed by atoms with E-state index in [1.54, 1.807) is 7.11 Å². The van der Waals surface area contributed by atoms with Crippen LogP contribution in [0.5, 0.6) is 0 Å². The lowest BCUT2D eigenvalue weighted by atomic mass is 9.53. The Bertz CT molecular complexity index is 491. The number of aliphatic hydroxyl groups is 3. The third-order valence-electron chi connectivity index (χ3n) is 6.51. The Labute approximate surface area is 130 Å². The van der Waals surface area contributed by atoms with Crippen LogP contribution in [-0.2, 0) is 14.3 Å². The van der Waals surface area contributed by atoms with Crippen LogP contribution < -0.4 is 0 Å². The Morgan fingerprint density at radius 3 is 2.45 bits per heavy atom. The van der Waals surface area contributed by atoms with Crippen molar-refractivity contribution >= 4 is 5.97 Å². The first kappa shape index (κ1) is 16.2. The van der Waals surface area contributed by atoms with E-state index < -0.39 is 41.9 Å². The predicted molar refractivity (Wildman–Crippen MR) is 76.5 cm³/mol. The van der Waals surface area contributed by atoms with Crippen molar-refractivity contribution in [1.82, 2.24) is 0 Å². The summed E-state index contributed by atoms with van der Waals surface area (Å²) < 4.78 is 10.8. The van der Waals surface area contributed by atoms with Crippen molar-refractivity contribution in [3.05, 3.63) is 0 Å². The molecule has 2 saturated carbocycles. The first-order valence-corrected chi connectivity index (χ1v) is 7.87. The van der Waals surface area contributed by atoms with Gasteiger partial charge in [0.05, 0.1) is 24.2 Å². The number of fused-ring (bicyclic) bond motifs is 2. The smallest absolute Gasteiger partial charge is 0.320 e. The van der Waals surface area contributed by atoms with E-state index in [0.717, 1.165) is 12.8 Å².